The minimum absolute atomic E-state index is 0.00973. The number of fused-ring (bicyclic) bond motifs is 2. The molecule has 0 aliphatic carbocycles. The van der Waals surface area contributed by atoms with Crippen LogP contribution in [0.3, 0.4) is 0 Å². The smallest absolute Gasteiger partial charge is 0.318 e. The molecule has 1 aromatic carbocycles. The molecule has 0 saturated carbocycles. The zero-order valence-electron chi connectivity index (χ0n) is 14.5. The summed E-state index contributed by atoms with van der Waals surface area (Å²) in [6, 6.07) is 6.34. The largest absolute Gasteiger partial charge is 0.464 e. The Morgan fingerprint density at radius 3 is 2.92 bits per heavy atom. The number of hydrogen-bond donors (Lipinski definition) is 2. The van der Waals surface area contributed by atoms with Gasteiger partial charge in [-0.2, -0.15) is 4.98 Å². The molecule has 128 valence electrons. The first kappa shape index (κ1) is 15.6. The predicted octanol–water partition coefficient (Wildman–Crippen LogP) is 3.04. The van der Waals surface area contributed by atoms with Crippen molar-refractivity contribution < 1.29 is 9.53 Å². The number of hydrogen-bond acceptors (Lipinski definition) is 4. The van der Waals surface area contributed by atoms with Gasteiger partial charge in [-0.3, -0.25) is 4.79 Å². The minimum atomic E-state index is -0.107. The third-order valence-corrected chi connectivity index (χ3v) is 4.68. The lowest BCUT2D eigenvalue weighted by Gasteiger charge is -2.32. The summed E-state index contributed by atoms with van der Waals surface area (Å²) in [5.74, 6) is -0.00973. The Balaban J connectivity index is 1.83. The highest BCUT2D eigenvalue weighted by Crippen LogP contribution is 2.35. The van der Waals surface area contributed by atoms with Crippen molar-refractivity contribution in [1.29, 1.82) is 0 Å². The van der Waals surface area contributed by atoms with Gasteiger partial charge in [-0.1, -0.05) is 19.9 Å². The molecule has 0 fully saturated rings. The number of nitrogens with zero attached hydrogens (tertiary/aromatic N) is 2. The number of ether oxygens (including phenoxy) is 1. The molecule has 25 heavy (non-hydrogen) atoms. The maximum atomic E-state index is 12.1. The number of aromatic amines is 1. The van der Waals surface area contributed by atoms with Crippen LogP contribution in [0.2, 0.25) is 0 Å². The molecule has 6 nitrogen and oxygen atoms in total. The molecule has 2 N–H and O–H groups in total. The predicted molar refractivity (Wildman–Crippen MR) is 95.9 cm³/mol. The highest BCUT2D eigenvalue weighted by Gasteiger charge is 2.31. The molecule has 0 spiro atoms. The van der Waals surface area contributed by atoms with Crippen LogP contribution in [0.4, 0.5) is 0 Å². The lowest BCUT2D eigenvalue weighted by molar-refractivity contribution is 0.0930. The normalized spacial score (nSPS) is 15.7. The fourth-order valence-corrected chi connectivity index (χ4v) is 3.29. The summed E-state index contributed by atoms with van der Waals surface area (Å²) in [5, 5.41) is 3.88. The Labute approximate surface area is 145 Å². The molecule has 0 atom stereocenters. The van der Waals surface area contributed by atoms with Crippen LogP contribution in [0.15, 0.2) is 30.6 Å². The number of aromatic nitrogens is 3. The van der Waals surface area contributed by atoms with Crippen LogP contribution < -0.4 is 10.1 Å². The SMILES string of the molecule is CCOc1ncc2c(-c3ccc4c(c3)C(C)(C)CNC4=O)c[nH]c2n1. The summed E-state index contributed by atoms with van der Waals surface area (Å²) in [6.07, 6.45) is 3.70. The summed E-state index contributed by atoms with van der Waals surface area (Å²) >= 11 is 0. The van der Waals surface area contributed by atoms with E-state index in [0.29, 0.717) is 19.2 Å². The van der Waals surface area contributed by atoms with Gasteiger partial charge in [0.1, 0.15) is 5.65 Å². The van der Waals surface area contributed by atoms with Crippen LogP contribution in [0.25, 0.3) is 22.2 Å². The Bertz CT molecular complexity index is 975. The van der Waals surface area contributed by atoms with Crippen molar-refractivity contribution in [2.75, 3.05) is 13.2 Å². The summed E-state index contributed by atoms with van der Waals surface area (Å²) in [7, 11) is 0. The first-order valence-electron chi connectivity index (χ1n) is 8.39. The fraction of sp³-hybridized carbons (Fsp3) is 0.316. The number of carbonyl (C=O) groups excluding carboxylic acids is 1. The van der Waals surface area contributed by atoms with Gasteiger partial charge in [0.25, 0.3) is 5.91 Å². The molecule has 1 aliphatic rings. The van der Waals surface area contributed by atoms with E-state index in [2.05, 4.69) is 40.2 Å². The van der Waals surface area contributed by atoms with Gasteiger partial charge in [-0.05, 0) is 30.2 Å². The maximum Gasteiger partial charge on any atom is 0.318 e. The minimum Gasteiger partial charge on any atom is -0.464 e. The van der Waals surface area contributed by atoms with Crippen LogP contribution in [-0.2, 0) is 5.41 Å². The van der Waals surface area contributed by atoms with Crippen molar-refractivity contribution in [3.63, 3.8) is 0 Å². The number of benzene rings is 1. The standard InChI is InChI=1S/C19H20N4O2/c1-4-25-18-21-9-14-13(8-20-16(14)23-18)11-5-6-12-15(7-11)19(2,3)10-22-17(12)24/h5-9H,4,10H2,1-3H3,(H,22,24)(H,20,21,23). The maximum absolute atomic E-state index is 12.1. The number of rotatable bonds is 3. The molecule has 4 rings (SSSR count). The molecule has 0 saturated heterocycles. The molecular formula is C19H20N4O2. The Morgan fingerprint density at radius 1 is 1.28 bits per heavy atom. The molecule has 1 amide bonds. The lowest BCUT2D eigenvalue weighted by atomic mass is 9.78. The molecule has 1 aliphatic heterocycles. The second kappa shape index (κ2) is 5.58. The van der Waals surface area contributed by atoms with E-state index in [-0.39, 0.29) is 11.3 Å². The van der Waals surface area contributed by atoms with Gasteiger partial charge in [-0.15, -0.1) is 0 Å². The summed E-state index contributed by atoms with van der Waals surface area (Å²) in [6.45, 7) is 7.35. The van der Waals surface area contributed by atoms with Gasteiger partial charge in [0.15, 0.2) is 0 Å². The molecule has 6 heteroatoms. The molecule has 3 aromatic rings. The number of amides is 1. The number of H-pyrrole nitrogens is 1. The van der Waals surface area contributed by atoms with Gasteiger partial charge in [0.2, 0.25) is 0 Å². The van der Waals surface area contributed by atoms with Gasteiger partial charge in [0, 0.05) is 40.9 Å². The van der Waals surface area contributed by atoms with Crippen molar-refractivity contribution in [3.8, 4) is 17.1 Å². The third-order valence-electron chi connectivity index (χ3n) is 4.68. The van der Waals surface area contributed by atoms with Crippen LogP contribution in [0, 0.1) is 0 Å². The molecule has 2 aromatic heterocycles. The molecule has 0 radical (unpaired) electrons. The monoisotopic (exact) mass is 336 g/mol. The second-order valence-electron chi connectivity index (χ2n) is 6.88. The van der Waals surface area contributed by atoms with Gasteiger partial charge in [0.05, 0.1) is 6.61 Å². The van der Waals surface area contributed by atoms with Crippen molar-refractivity contribution in [1.82, 2.24) is 20.3 Å². The molecule has 0 unspecified atom stereocenters. The molecule has 3 heterocycles. The Kier molecular flexibility index (Phi) is 3.49. The lowest BCUT2D eigenvalue weighted by Crippen LogP contribution is -2.43. The van der Waals surface area contributed by atoms with E-state index in [1.165, 1.54) is 0 Å². The number of nitrogens with one attached hydrogen (secondary N) is 2. The Hall–Kier alpha value is -2.89. The molecular weight excluding hydrogens is 316 g/mol. The summed E-state index contributed by atoms with van der Waals surface area (Å²) in [4.78, 5) is 24.0. The van der Waals surface area contributed by atoms with Gasteiger partial charge in [-0.25, -0.2) is 4.98 Å². The van der Waals surface area contributed by atoms with Crippen LogP contribution in [0.1, 0.15) is 36.7 Å². The van der Waals surface area contributed by atoms with E-state index in [0.717, 1.165) is 33.3 Å². The van der Waals surface area contributed by atoms with E-state index in [1.807, 2.05) is 25.3 Å². The molecule has 0 bridgehead atoms. The van der Waals surface area contributed by atoms with Gasteiger partial charge >= 0.3 is 6.01 Å². The van der Waals surface area contributed by atoms with E-state index >= 15 is 0 Å². The van der Waals surface area contributed by atoms with Gasteiger partial charge < -0.3 is 15.0 Å². The van der Waals surface area contributed by atoms with E-state index in [4.69, 9.17) is 4.74 Å². The highest BCUT2D eigenvalue weighted by atomic mass is 16.5. The fourth-order valence-electron chi connectivity index (χ4n) is 3.29. The van der Waals surface area contributed by atoms with Crippen LogP contribution >= 0.6 is 0 Å². The zero-order valence-corrected chi connectivity index (χ0v) is 14.5. The highest BCUT2D eigenvalue weighted by molar-refractivity contribution is 5.99. The van der Waals surface area contributed by atoms with Crippen LogP contribution in [0.5, 0.6) is 6.01 Å². The van der Waals surface area contributed by atoms with E-state index < -0.39 is 0 Å². The van der Waals surface area contributed by atoms with Crippen molar-refractivity contribution >= 4 is 16.9 Å². The van der Waals surface area contributed by atoms with Crippen molar-refractivity contribution in [3.05, 3.63) is 41.7 Å². The number of carbonyl (C=O) groups is 1. The topological polar surface area (TPSA) is 79.9 Å². The van der Waals surface area contributed by atoms with Crippen LogP contribution in [-0.4, -0.2) is 34.0 Å². The Morgan fingerprint density at radius 2 is 2.12 bits per heavy atom. The first-order valence-corrected chi connectivity index (χ1v) is 8.39. The first-order chi connectivity index (χ1) is 12.0. The third kappa shape index (κ3) is 2.54. The quantitative estimate of drug-likeness (QED) is 0.770. The van der Waals surface area contributed by atoms with E-state index in [1.54, 1.807) is 6.20 Å². The summed E-state index contributed by atoms with van der Waals surface area (Å²) in [5.41, 5.74) is 4.50. The van der Waals surface area contributed by atoms with E-state index in [9.17, 15) is 4.79 Å². The average molecular weight is 336 g/mol. The zero-order chi connectivity index (χ0) is 17.6. The second-order valence-corrected chi connectivity index (χ2v) is 6.88. The van der Waals surface area contributed by atoms with Crippen molar-refractivity contribution in [2.24, 2.45) is 0 Å². The average Bonchev–Trinajstić information content (AvgIpc) is 3.02. The van der Waals surface area contributed by atoms with Crippen molar-refractivity contribution in [2.45, 2.75) is 26.2 Å². The summed E-state index contributed by atoms with van der Waals surface area (Å²) < 4.78 is 5.36.